The molecule has 1 atom stereocenters. The van der Waals surface area contributed by atoms with Gasteiger partial charge in [-0.25, -0.2) is 4.98 Å². The van der Waals surface area contributed by atoms with Crippen LogP contribution in [0, 0.1) is 0 Å². The van der Waals surface area contributed by atoms with Crippen LogP contribution in [0.5, 0.6) is 5.75 Å². The summed E-state index contributed by atoms with van der Waals surface area (Å²) in [6.07, 6.45) is 0.817. The van der Waals surface area contributed by atoms with Crippen molar-refractivity contribution in [2.45, 2.75) is 33.1 Å². The molecule has 0 aliphatic carbocycles. The Bertz CT molecular complexity index is 913. The van der Waals surface area contributed by atoms with Crippen molar-refractivity contribution < 1.29 is 14.3 Å². The highest BCUT2D eigenvalue weighted by molar-refractivity contribution is 5.80. The van der Waals surface area contributed by atoms with E-state index in [0.29, 0.717) is 6.61 Å². The highest BCUT2D eigenvalue weighted by atomic mass is 16.5. The normalized spacial score (nSPS) is 12.2. The van der Waals surface area contributed by atoms with Crippen LogP contribution in [0.3, 0.4) is 0 Å². The second-order valence-corrected chi connectivity index (χ2v) is 6.14. The molecule has 0 saturated heterocycles. The van der Waals surface area contributed by atoms with Gasteiger partial charge in [0, 0.05) is 18.2 Å². The SMILES string of the molecule is CCOC(=O)C(C)c1ccc(-n2c(CC)nc3cc(OC)ccc32)cc1. The van der Waals surface area contributed by atoms with Crippen molar-refractivity contribution in [1.29, 1.82) is 0 Å². The molecule has 26 heavy (non-hydrogen) atoms. The molecule has 2 aromatic carbocycles. The number of ether oxygens (including phenoxy) is 2. The summed E-state index contributed by atoms with van der Waals surface area (Å²) in [5.41, 5.74) is 3.91. The lowest BCUT2D eigenvalue weighted by atomic mass is 10.0. The van der Waals surface area contributed by atoms with Crippen molar-refractivity contribution in [2.24, 2.45) is 0 Å². The molecule has 3 aromatic rings. The molecule has 0 saturated carbocycles. The van der Waals surface area contributed by atoms with Crippen LogP contribution in [0.2, 0.25) is 0 Å². The van der Waals surface area contributed by atoms with Crippen LogP contribution in [-0.4, -0.2) is 29.2 Å². The number of hydrogen-bond acceptors (Lipinski definition) is 4. The third kappa shape index (κ3) is 3.29. The molecule has 1 heterocycles. The van der Waals surface area contributed by atoms with E-state index >= 15 is 0 Å². The Labute approximate surface area is 153 Å². The molecule has 0 fully saturated rings. The Balaban J connectivity index is 2.00. The molecule has 0 radical (unpaired) electrons. The second kappa shape index (κ2) is 7.60. The average Bonchev–Trinajstić information content (AvgIpc) is 3.05. The summed E-state index contributed by atoms with van der Waals surface area (Å²) in [5.74, 6) is 1.30. The number of methoxy groups -OCH3 is 1. The van der Waals surface area contributed by atoms with E-state index in [1.165, 1.54) is 0 Å². The van der Waals surface area contributed by atoms with Crippen molar-refractivity contribution in [2.75, 3.05) is 13.7 Å². The maximum atomic E-state index is 11.9. The Kier molecular flexibility index (Phi) is 5.26. The fourth-order valence-corrected chi connectivity index (χ4v) is 3.08. The molecule has 0 spiro atoms. The molecule has 136 valence electrons. The molecule has 0 N–H and O–H groups in total. The van der Waals surface area contributed by atoms with E-state index in [0.717, 1.165) is 40.3 Å². The number of fused-ring (bicyclic) bond motifs is 1. The highest BCUT2D eigenvalue weighted by Crippen LogP contribution is 2.27. The number of aryl methyl sites for hydroxylation is 1. The summed E-state index contributed by atoms with van der Waals surface area (Å²) in [4.78, 5) is 16.7. The smallest absolute Gasteiger partial charge is 0.313 e. The number of imidazole rings is 1. The number of carbonyl (C=O) groups is 1. The Morgan fingerprint density at radius 1 is 1.15 bits per heavy atom. The van der Waals surface area contributed by atoms with Crippen LogP contribution >= 0.6 is 0 Å². The predicted molar refractivity (Wildman–Crippen MR) is 102 cm³/mol. The zero-order valence-corrected chi connectivity index (χ0v) is 15.7. The lowest BCUT2D eigenvalue weighted by Gasteiger charge is -2.13. The molecule has 5 heteroatoms. The molecular weight excluding hydrogens is 328 g/mol. The van der Waals surface area contributed by atoms with Crippen molar-refractivity contribution >= 4 is 17.0 Å². The van der Waals surface area contributed by atoms with E-state index in [1.54, 1.807) is 7.11 Å². The minimum Gasteiger partial charge on any atom is -0.497 e. The first-order chi connectivity index (χ1) is 12.6. The molecule has 0 bridgehead atoms. The van der Waals surface area contributed by atoms with Gasteiger partial charge >= 0.3 is 5.97 Å². The molecule has 0 aliphatic heterocycles. The van der Waals surface area contributed by atoms with Crippen LogP contribution in [0.15, 0.2) is 42.5 Å². The van der Waals surface area contributed by atoms with Crippen LogP contribution in [0.4, 0.5) is 0 Å². The van der Waals surface area contributed by atoms with Gasteiger partial charge in [0.15, 0.2) is 0 Å². The third-order valence-corrected chi connectivity index (χ3v) is 4.54. The monoisotopic (exact) mass is 352 g/mol. The van der Waals surface area contributed by atoms with E-state index < -0.39 is 0 Å². The van der Waals surface area contributed by atoms with Gasteiger partial charge in [-0.3, -0.25) is 9.36 Å². The van der Waals surface area contributed by atoms with Gasteiger partial charge in [0.25, 0.3) is 0 Å². The first kappa shape index (κ1) is 18.0. The summed E-state index contributed by atoms with van der Waals surface area (Å²) < 4.78 is 12.6. The predicted octanol–water partition coefficient (Wildman–Crippen LogP) is 4.26. The molecule has 1 unspecified atom stereocenters. The Hall–Kier alpha value is -2.82. The van der Waals surface area contributed by atoms with E-state index in [4.69, 9.17) is 14.5 Å². The maximum Gasteiger partial charge on any atom is 0.313 e. The topological polar surface area (TPSA) is 53.4 Å². The zero-order valence-electron chi connectivity index (χ0n) is 15.7. The Morgan fingerprint density at radius 3 is 2.50 bits per heavy atom. The molecule has 3 rings (SSSR count). The van der Waals surface area contributed by atoms with Crippen LogP contribution in [-0.2, 0) is 16.0 Å². The summed E-state index contributed by atoms with van der Waals surface area (Å²) in [6.45, 7) is 6.17. The van der Waals surface area contributed by atoms with Crippen molar-refractivity contribution in [3.05, 3.63) is 53.9 Å². The number of rotatable bonds is 6. The zero-order chi connectivity index (χ0) is 18.7. The van der Waals surface area contributed by atoms with Gasteiger partial charge < -0.3 is 9.47 Å². The van der Waals surface area contributed by atoms with E-state index in [1.807, 2.05) is 56.3 Å². The number of benzene rings is 2. The van der Waals surface area contributed by atoms with Crippen molar-refractivity contribution in [1.82, 2.24) is 9.55 Å². The second-order valence-electron chi connectivity index (χ2n) is 6.14. The molecule has 0 amide bonds. The number of aromatic nitrogens is 2. The standard InChI is InChI=1S/C21H24N2O3/c1-5-20-22-18-13-17(25-4)11-12-19(18)23(20)16-9-7-15(8-10-16)14(3)21(24)26-6-2/h7-14H,5-6H2,1-4H3. The molecule has 5 nitrogen and oxygen atoms in total. The van der Waals surface area contributed by atoms with Gasteiger partial charge in [-0.15, -0.1) is 0 Å². The van der Waals surface area contributed by atoms with Gasteiger partial charge in [-0.05, 0) is 43.7 Å². The average molecular weight is 352 g/mol. The number of carbonyl (C=O) groups excluding carboxylic acids is 1. The molecule has 0 aliphatic rings. The lowest BCUT2D eigenvalue weighted by molar-refractivity contribution is -0.144. The quantitative estimate of drug-likeness (QED) is 0.622. The summed E-state index contributed by atoms with van der Waals surface area (Å²) in [5, 5.41) is 0. The molecular formula is C21H24N2O3. The van der Waals surface area contributed by atoms with Gasteiger partial charge in [-0.1, -0.05) is 19.1 Å². The van der Waals surface area contributed by atoms with Crippen LogP contribution in [0.25, 0.3) is 16.7 Å². The number of nitrogens with zero attached hydrogens (tertiary/aromatic N) is 2. The number of esters is 1. The minimum atomic E-state index is -0.279. The Morgan fingerprint density at radius 2 is 1.88 bits per heavy atom. The van der Waals surface area contributed by atoms with Gasteiger partial charge in [0.05, 0.1) is 30.7 Å². The minimum absolute atomic E-state index is 0.199. The number of hydrogen-bond donors (Lipinski definition) is 0. The summed E-state index contributed by atoms with van der Waals surface area (Å²) in [6, 6.07) is 13.9. The van der Waals surface area contributed by atoms with E-state index in [2.05, 4.69) is 11.5 Å². The lowest BCUT2D eigenvalue weighted by Crippen LogP contribution is -2.13. The van der Waals surface area contributed by atoms with Crippen LogP contribution < -0.4 is 4.74 Å². The highest BCUT2D eigenvalue weighted by Gasteiger charge is 2.17. The van der Waals surface area contributed by atoms with Gasteiger partial charge in [-0.2, -0.15) is 0 Å². The largest absolute Gasteiger partial charge is 0.497 e. The van der Waals surface area contributed by atoms with Gasteiger partial charge in [0.2, 0.25) is 0 Å². The third-order valence-electron chi connectivity index (χ3n) is 4.54. The summed E-state index contributed by atoms with van der Waals surface area (Å²) in [7, 11) is 1.66. The van der Waals surface area contributed by atoms with Gasteiger partial charge in [0.1, 0.15) is 11.6 Å². The first-order valence-electron chi connectivity index (χ1n) is 8.91. The molecule has 1 aromatic heterocycles. The van der Waals surface area contributed by atoms with E-state index in [-0.39, 0.29) is 11.9 Å². The fourth-order valence-electron chi connectivity index (χ4n) is 3.08. The summed E-state index contributed by atoms with van der Waals surface area (Å²) >= 11 is 0. The fraction of sp³-hybridized carbons (Fsp3) is 0.333. The maximum absolute atomic E-state index is 11.9. The van der Waals surface area contributed by atoms with Crippen LogP contribution in [0.1, 0.15) is 38.1 Å². The van der Waals surface area contributed by atoms with Crippen molar-refractivity contribution in [3.63, 3.8) is 0 Å². The van der Waals surface area contributed by atoms with Crippen molar-refractivity contribution in [3.8, 4) is 11.4 Å². The first-order valence-corrected chi connectivity index (χ1v) is 8.91. The van der Waals surface area contributed by atoms with E-state index in [9.17, 15) is 4.79 Å².